The Labute approximate surface area is 639 Å². The van der Waals surface area contributed by atoms with Gasteiger partial charge in [-0.2, -0.15) is 0 Å². The van der Waals surface area contributed by atoms with Crippen LogP contribution in [0.4, 0.5) is 62.6 Å². The van der Waals surface area contributed by atoms with Crippen molar-refractivity contribution in [3.8, 4) is 44.5 Å². The van der Waals surface area contributed by atoms with Gasteiger partial charge in [0.25, 0.3) is 0 Å². The average molecular weight is 1470 g/mol. The zero-order valence-corrected chi connectivity index (χ0v) is 60.2. The predicted octanol–water partition coefficient (Wildman–Crippen LogP) is 28.6. The van der Waals surface area contributed by atoms with Crippen molar-refractivity contribution in [1.29, 1.82) is 0 Å². The SMILES string of the molecule is Brc1ccc(-c2ccccc2)cc1.C.Clc1ccc2c(c1)C1(c3ccccc3N(c3ccc(-c4ccccc4)cc3)c3ccccc31)c1ccccc1N2c1ccc(-c2ccccc2)cc1.Clc1ccc2c(c1)C1(c3ccccc3N2)c2ccccc2N(c2ccc(-c3ccccc3)cc2)c2ccccc21. The Morgan fingerprint density at radius 3 is 0.811 bits per heavy atom. The lowest BCUT2D eigenvalue weighted by atomic mass is 9.60. The first-order valence-corrected chi connectivity index (χ1v) is 37.0. The lowest BCUT2D eigenvalue weighted by Crippen LogP contribution is -2.42. The molecule has 0 unspecified atom stereocenters. The lowest BCUT2D eigenvalue weighted by Gasteiger charge is -2.51. The quantitative estimate of drug-likeness (QED) is 0.172. The van der Waals surface area contributed by atoms with Gasteiger partial charge in [0.15, 0.2) is 0 Å². The van der Waals surface area contributed by atoms with Crippen LogP contribution in [0.25, 0.3) is 44.5 Å². The summed E-state index contributed by atoms with van der Waals surface area (Å²) in [5, 5.41) is 5.14. The first kappa shape index (κ1) is 67.0. The molecule has 4 heterocycles. The van der Waals surface area contributed by atoms with Gasteiger partial charge in [-0.1, -0.05) is 326 Å². The molecular weight excluding hydrogens is 1400 g/mol. The molecule has 7 heteroatoms. The summed E-state index contributed by atoms with van der Waals surface area (Å²) in [6, 6.07) is 143. The summed E-state index contributed by atoms with van der Waals surface area (Å²) < 4.78 is 1.12. The molecular formula is C99H71BrCl2N4. The number of hydrogen-bond donors (Lipinski definition) is 1. The third kappa shape index (κ3) is 11.6. The Kier molecular flexibility index (Phi) is 18.0. The first-order chi connectivity index (χ1) is 51.8. The Balaban J connectivity index is 0.000000135. The second kappa shape index (κ2) is 28.4. The fourth-order valence-electron chi connectivity index (χ4n) is 16.5. The van der Waals surface area contributed by atoms with Crippen molar-refractivity contribution in [1.82, 2.24) is 0 Å². The van der Waals surface area contributed by atoms with Crippen LogP contribution in [-0.4, -0.2) is 0 Å². The van der Waals surface area contributed by atoms with Gasteiger partial charge in [0.1, 0.15) is 0 Å². The number of fused-ring (bicyclic) bond motifs is 16. The number of para-hydroxylation sites is 6. The summed E-state index contributed by atoms with van der Waals surface area (Å²) in [7, 11) is 0. The van der Waals surface area contributed by atoms with E-state index in [4.69, 9.17) is 23.2 Å². The van der Waals surface area contributed by atoms with Gasteiger partial charge in [-0.05, 0) is 210 Å². The third-order valence-corrected chi connectivity index (χ3v) is 22.0. The molecule has 0 aromatic heterocycles. The van der Waals surface area contributed by atoms with Gasteiger partial charge in [-0.25, -0.2) is 0 Å². The molecule has 0 aliphatic carbocycles. The molecule has 508 valence electrons. The largest absolute Gasteiger partial charge is 0.355 e. The van der Waals surface area contributed by atoms with E-state index < -0.39 is 10.8 Å². The molecule has 20 rings (SSSR count). The fraction of sp³-hybridized carbons (Fsp3) is 0.0303. The zero-order chi connectivity index (χ0) is 70.4. The maximum absolute atomic E-state index is 7.00. The highest BCUT2D eigenvalue weighted by molar-refractivity contribution is 9.10. The molecule has 0 fully saturated rings. The number of hydrogen-bond acceptors (Lipinski definition) is 4. The minimum Gasteiger partial charge on any atom is -0.355 e. The predicted molar refractivity (Wildman–Crippen MR) is 450 cm³/mol. The Hall–Kier alpha value is -12.2. The van der Waals surface area contributed by atoms with Gasteiger partial charge in [0.2, 0.25) is 0 Å². The van der Waals surface area contributed by atoms with Crippen LogP contribution < -0.4 is 20.0 Å². The summed E-state index contributed by atoms with van der Waals surface area (Å²) in [6.45, 7) is 0. The van der Waals surface area contributed by atoms with Crippen LogP contribution in [0, 0.1) is 0 Å². The molecule has 16 aromatic rings. The standard InChI is InChI=1S/C49H33ClN2.C37H25ClN2.C12H9Br.CH4/c50-38-27-32-48-44(33-38)49(43-19-9-12-22-47(43)52(48)40-30-25-37(26-31-40)35-15-5-2-6-16-35)41-17-7-10-20-45(41)51(46-21-11-8-18-42(46)49)39-28-23-36(24-29-39)34-13-3-1-4-14-34;38-27-20-23-34-32(24-27)37(29-12-4-7-15-33(29)39-34)30-13-5-8-16-35(30)40(36-17-9-6-14-31(36)37)28-21-18-26(19-22-28)25-10-2-1-3-11-25;13-12-8-6-11(7-9-12)10-4-2-1-3-5-10;/h1-33H;1-24,39H;1-9H;1H4. The molecule has 2 spiro atoms. The zero-order valence-electron chi connectivity index (χ0n) is 57.1. The van der Waals surface area contributed by atoms with Crippen molar-refractivity contribution in [2.75, 3.05) is 20.0 Å². The molecule has 4 aliphatic heterocycles. The second-order valence-corrected chi connectivity index (χ2v) is 28.5. The van der Waals surface area contributed by atoms with Gasteiger partial charge in [0, 0.05) is 43.0 Å². The van der Waals surface area contributed by atoms with E-state index in [0.717, 1.165) is 83.2 Å². The molecule has 16 aromatic carbocycles. The van der Waals surface area contributed by atoms with Crippen LogP contribution in [0.1, 0.15) is 51.9 Å². The fourth-order valence-corrected chi connectivity index (χ4v) is 17.1. The van der Waals surface area contributed by atoms with E-state index >= 15 is 0 Å². The number of benzene rings is 16. The van der Waals surface area contributed by atoms with Crippen molar-refractivity contribution >= 4 is 102 Å². The monoisotopic (exact) mass is 1460 g/mol. The van der Waals surface area contributed by atoms with Crippen LogP contribution >= 0.6 is 39.1 Å². The van der Waals surface area contributed by atoms with E-state index in [1.54, 1.807) is 0 Å². The summed E-state index contributed by atoms with van der Waals surface area (Å²) in [5.74, 6) is 0. The summed E-state index contributed by atoms with van der Waals surface area (Å²) >= 11 is 17.1. The molecule has 0 amide bonds. The van der Waals surface area contributed by atoms with Crippen LogP contribution in [0.5, 0.6) is 0 Å². The Bertz CT molecular complexity index is 5700. The minimum absolute atomic E-state index is 0. The maximum Gasteiger partial charge on any atom is 0.0783 e. The van der Waals surface area contributed by atoms with E-state index in [0.29, 0.717) is 5.02 Å². The van der Waals surface area contributed by atoms with E-state index in [1.165, 1.54) is 77.9 Å². The first-order valence-electron chi connectivity index (χ1n) is 35.4. The molecule has 106 heavy (non-hydrogen) atoms. The highest BCUT2D eigenvalue weighted by atomic mass is 79.9. The van der Waals surface area contributed by atoms with E-state index in [2.05, 4.69) is 418 Å². The molecule has 0 bridgehead atoms. The molecule has 4 aliphatic rings. The van der Waals surface area contributed by atoms with Crippen molar-refractivity contribution in [2.24, 2.45) is 0 Å². The van der Waals surface area contributed by atoms with E-state index in [9.17, 15) is 0 Å². The normalized spacial score (nSPS) is 13.1. The van der Waals surface area contributed by atoms with Crippen LogP contribution in [0.15, 0.2) is 405 Å². The van der Waals surface area contributed by atoms with Gasteiger partial charge in [-0.15, -0.1) is 0 Å². The topological polar surface area (TPSA) is 21.8 Å². The van der Waals surface area contributed by atoms with Crippen LogP contribution in [-0.2, 0) is 10.8 Å². The van der Waals surface area contributed by atoms with E-state index in [1.807, 2.05) is 18.2 Å². The number of rotatable bonds is 7. The van der Waals surface area contributed by atoms with Crippen molar-refractivity contribution in [3.63, 3.8) is 0 Å². The highest BCUT2D eigenvalue weighted by Gasteiger charge is 2.53. The average Bonchev–Trinajstić information content (AvgIpc) is 0.683. The molecule has 1 N–H and O–H groups in total. The van der Waals surface area contributed by atoms with Crippen LogP contribution in [0.3, 0.4) is 0 Å². The second-order valence-electron chi connectivity index (χ2n) is 26.7. The number of nitrogens with one attached hydrogen (secondary N) is 1. The number of anilines is 11. The summed E-state index contributed by atoms with van der Waals surface area (Å²) in [6.07, 6.45) is 0. The van der Waals surface area contributed by atoms with Gasteiger partial charge in [0.05, 0.1) is 45.0 Å². The summed E-state index contributed by atoms with van der Waals surface area (Å²) in [4.78, 5) is 7.23. The van der Waals surface area contributed by atoms with Gasteiger partial charge >= 0.3 is 0 Å². The lowest BCUT2D eigenvalue weighted by molar-refractivity contribution is 0.719. The van der Waals surface area contributed by atoms with Crippen molar-refractivity contribution in [2.45, 2.75) is 18.3 Å². The van der Waals surface area contributed by atoms with Crippen molar-refractivity contribution in [3.05, 3.63) is 459 Å². The third-order valence-electron chi connectivity index (χ3n) is 21.0. The number of nitrogens with zero attached hydrogens (tertiary/aromatic N) is 3. The summed E-state index contributed by atoms with van der Waals surface area (Å²) in [5.41, 5.74) is 30.6. The molecule has 0 radical (unpaired) electrons. The van der Waals surface area contributed by atoms with Crippen molar-refractivity contribution < 1.29 is 0 Å². The maximum atomic E-state index is 7.00. The number of halogens is 3. The van der Waals surface area contributed by atoms with Crippen LogP contribution in [0.2, 0.25) is 10.0 Å². The van der Waals surface area contributed by atoms with Gasteiger partial charge < -0.3 is 20.0 Å². The van der Waals surface area contributed by atoms with E-state index in [-0.39, 0.29) is 7.43 Å². The molecule has 0 saturated carbocycles. The Morgan fingerprint density at radius 1 is 0.217 bits per heavy atom. The smallest absolute Gasteiger partial charge is 0.0783 e. The minimum atomic E-state index is -0.634. The Morgan fingerprint density at radius 2 is 0.462 bits per heavy atom. The van der Waals surface area contributed by atoms with Gasteiger partial charge in [-0.3, -0.25) is 0 Å². The highest BCUT2D eigenvalue weighted by Crippen LogP contribution is 2.66. The molecule has 0 saturated heterocycles. The molecule has 4 nitrogen and oxygen atoms in total. The molecule has 0 atom stereocenters.